The van der Waals surface area contributed by atoms with Gasteiger partial charge >= 0.3 is 6.18 Å². The van der Waals surface area contributed by atoms with Gasteiger partial charge in [0.05, 0.1) is 16.2 Å². The Morgan fingerprint density at radius 3 is 2.43 bits per heavy atom. The van der Waals surface area contributed by atoms with Crippen molar-refractivity contribution in [2.24, 2.45) is 0 Å². The predicted octanol–water partition coefficient (Wildman–Crippen LogP) is 4.75. The summed E-state index contributed by atoms with van der Waals surface area (Å²) in [6, 6.07) is 10.9. The number of sulfonamides is 1. The molecule has 0 aliphatic heterocycles. The van der Waals surface area contributed by atoms with Crippen LogP contribution in [-0.2, 0) is 22.7 Å². The number of nitrogens with one attached hydrogen (secondary N) is 1. The molecular formula is C18H14F4N2O2S2. The van der Waals surface area contributed by atoms with E-state index in [1.165, 1.54) is 11.3 Å². The molecule has 0 bridgehead atoms. The van der Waals surface area contributed by atoms with E-state index in [2.05, 4.69) is 9.71 Å². The molecule has 0 saturated carbocycles. The molecule has 0 saturated heterocycles. The third-order valence-electron chi connectivity index (χ3n) is 3.89. The molecule has 10 heteroatoms. The van der Waals surface area contributed by atoms with Gasteiger partial charge in [0.25, 0.3) is 0 Å². The van der Waals surface area contributed by atoms with Gasteiger partial charge < -0.3 is 0 Å². The Balaban J connectivity index is 1.82. The Kier molecular flexibility index (Phi) is 5.55. The summed E-state index contributed by atoms with van der Waals surface area (Å²) >= 11 is 1.28. The van der Waals surface area contributed by atoms with Crippen LogP contribution in [0.15, 0.2) is 53.4 Å². The highest BCUT2D eigenvalue weighted by molar-refractivity contribution is 7.89. The zero-order valence-electron chi connectivity index (χ0n) is 14.4. The minimum atomic E-state index is -4.99. The normalized spacial score (nSPS) is 12.3. The summed E-state index contributed by atoms with van der Waals surface area (Å²) < 4.78 is 78.8. The Morgan fingerprint density at radius 1 is 1.11 bits per heavy atom. The van der Waals surface area contributed by atoms with E-state index >= 15 is 0 Å². The van der Waals surface area contributed by atoms with Gasteiger partial charge in [0, 0.05) is 17.0 Å². The molecule has 0 radical (unpaired) electrons. The first kappa shape index (κ1) is 20.4. The van der Waals surface area contributed by atoms with Crippen molar-refractivity contribution in [1.82, 2.24) is 9.71 Å². The SMILES string of the molecule is Cc1nc(-c2ccccc2)sc1CNS(=O)(=O)c1ccc(F)c(C(F)(F)F)c1. The van der Waals surface area contributed by atoms with Crippen LogP contribution in [-0.4, -0.2) is 13.4 Å². The molecule has 0 fully saturated rings. The third kappa shape index (κ3) is 4.40. The zero-order valence-corrected chi connectivity index (χ0v) is 16.1. The first-order chi connectivity index (χ1) is 13.1. The number of rotatable bonds is 5. The lowest BCUT2D eigenvalue weighted by Crippen LogP contribution is -2.24. The van der Waals surface area contributed by atoms with E-state index < -0.39 is 32.5 Å². The monoisotopic (exact) mass is 430 g/mol. The van der Waals surface area contributed by atoms with E-state index in [0.29, 0.717) is 21.6 Å². The first-order valence-corrected chi connectivity index (χ1v) is 10.3. The van der Waals surface area contributed by atoms with Crippen molar-refractivity contribution in [1.29, 1.82) is 0 Å². The van der Waals surface area contributed by atoms with Crippen molar-refractivity contribution in [3.05, 3.63) is 70.5 Å². The Hall–Kier alpha value is -2.30. The molecule has 0 unspecified atom stereocenters. The van der Waals surface area contributed by atoms with Crippen LogP contribution in [0, 0.1) is 12.7 Å². The van der Waals surface area contributed by atoms with Crippen LogP contribution >= 0.6 is 11.3 Å². The van der Waals surface area contributed by atoms with Crippen LogP contribution < -0.4 is 4.72 Å². The van der Waals surface area contributed by atoms with Crippen LogP contribution in [0.1, 0.15) is 16.1 Å². The second-order valence-electron chi connectivity index (χ2n) is 5.86. The van der Waals surface area contributed by atoms with Gasteiger partial charge in [0.15, 0.2) is 0 Å². The summed E-state index contributed by atoms with van der Waals surface area (Å²) in [4.78, 5) is 4.36. The van der Waals surface area contributed by atoms with Crippen molar-refractivity contribution < 1.29 is 26.0 Å². The van der Waals surface area contributed by atoms with E-state index in [9.17, 15) is 26.0 Å². The maximum absolute atomic E-state index is 13.4. The van der Waals surface area contributed by atoms with Gasteiger partial charge in [-0.05, 0) is 25.1 Å². The average molecular weight is 430 g/mol. The minimum Gasteiger partial charge on any atom is -0.241 e. The van der Waals surface area contributed by atoms with E-state index in [-0.39, 0.29) is 12.6 Å². The largest absolute Gasteiger partial charge is 0.419 e. The maximum atomic E-state index is 13.4. The molecular weight excluding hydrogens is 416 g/mol. The number of thiazole rings is 1. The summed E-state index contributed by atoms with van der Waals surface area (Å²) in [7, 11) is -4.27. The number of nitrogens with zero attached hydrogens (tertiary/aromatic N) is 1. The fraction of sp³-hybridized carbons (Fsp3) is 0.167. The number of alkyl halides is 3. The minimum absolute atomic E-state index is 0.141. The highest BCUT2D eigenvalue weighted by atomic mass is 32.2. The van der Waals surface area contributed by atoms with Crippen LogP contribution in [0.3, 0.4) is 0 Å². The van der Waals surface area contributed by atoms with Gasteiger partial charge in [0.1, 0.15) is 10.8 Å². The topological polar surface area (TPSA) is 59.1 Å². The van der Waals surface area contributed by atoms with Crippen LogP contribution in [0.4, 0.5) is 17.6 Å². The molecule has 3 aromatic rings. The maximum Gasteiger partial charge on any atom is 0.419 e. The summed E-state index contributed by atoms with van der Waals surface area (Å²) in [5, 5.41) is 0.702. The summed E-state index contributed by atoms with van der Waals surface area (Å²) in [6.45, 7) is 1.57. The predicted molar refractivity (Wildman–Crippen MR) is 97.7 cm³/mol. The van der Waals surface area contributed by atoms with E-state index in [4.69, 9.17) is 0 Å². The van der Waals surface area contributed by atoms with Crippen molar-refractivity contribution in [2.75, 3.05) is 0 Å². The number of aromatic nitrogens is 1. The quantitative estimate of drug-likeness (QED) is 0.594. The van der Waals surface area contributed by atoms with Gasteiger partial charge in [-0.25, -0.2) is 22.5 Å². The number of halogens is 4. The Labute approximate surface area is 162 Å². The fourth-order valence-electron chi connectivity index (χ4n) is 2.43. The standard InChI is InChI=1S/C18H14F4N2O2S2/c1-11-16(27-17(24-11)12-5-3-2-4-6-12)10-23-28(25,26)13-7-8-15(19)14(9-13)18(20,21)22/h2-9,23H,10H2,1H3. The lowest BCUT2D eigenvalue weighted by molar-refractivity contribution is -0.140. The molecule has 0 aliphatic rings. The van der Waals surface area contributed by atoms with Crippen LogP contribution in [0.5, 0.6) is 0 Å². The van der Waals surface area contributed by atoms with Crippen LogP contribution in [0.25, 0.3) is 10.6 Å². The molecule has 0 atom stereocenters. The molecule has 0 aliphatic carbocycles. The number of benzene rings is 2. The lowest BCUT2D eigenvalue weighted by atomic mass is 10.2. The van der Waals surface area contributed by atoms with Gasteiger partial charge in [-0.15, -0.1) is 11.3 Å². The zero-order chi connectivity index (χ0) is 20.5. The highest BCUT2D eigenvalue weighted by Gasteiger charge is 2.35. The summed E-state index contributed by atoms with van der Waals surface area (Å²) in [6.07, 6.45) is -4.99. The van der Waals surface area contributed by atoms with E-state index in [1.54, 1.807) is 6.92 Å². The van der Waals surface area contributed by atoms with E-state index in [1.807, 2.05) is 30.3 Å². The molecule has 148 valence electrons. The number of aryl methyl sites for hydroxylation is 1. The average Bonchev–Trinajstić information content (AvgIpc) is 3.01. The van der Waals surface area contributed by atoms with Crippen molar-refractivity contribution in [3.63, 3.8) is 0 Å². The second kappa shape index (κ2) is 7.61. The molecule has 0 spiro atoms. The molecule has 3 rings (SSSR count). The Bertz CT molecular complexity index is 1090. The molecule has 4 nitrogen and oxygen atoms in total. The number of hydrogen-bond donors (Lipinski definition) is 1. The molecule has 1 N–H and O–H groups in total. The molecule has 28 heavy (non-hydrogen) atoms. The summed E-state index contributed by atoms with van der Waals surface area (Å²) in [5.74, 6) is -1.53. The molecule has 2 aromatic carbocycles. The summed E-state index contributed by atoms with van der Waals surface area (Å²) in [5.41, 5.74) is -0.143. The van der Waals surface area contributed by atoms with Gasteiger partial charge in [0.2, 0.25) is 10.0 Å². The fourth-order valence-corrected chi connectivity index (χ4v) is 4.55. The van der Waals surface area contributed by atoms with E-state index in [0.717, 1.165) is 11.6 Å². The van der Waals surface area contributed by atoms with Gasteiger partial charge in [-0.2, -0.15) is 13.2 Å². The molecule has 1 heterocycles. The molecule has 1 aromatic heterocycles. The van der Waals surface area contributed by atoms with Crippen molar-refractivity contribution in [3.8, 4) is 10.6 Å². The van der Waals surface area contributed by atoms with Gasteiger partial charge in [-0.3, -0.25) is 0 Å². The third-order valence-corrected chi connectivity index (χ3v) is 6.50. The van der Waals surface area contributed by atoms with Crippen molar-refractivity contribution in [2.45, 2.75) is 24.5 Å². The number of hydrogen-bond acceptors (Lipinski definition) is 4. The van der Waals surface area contributed by atoms with Crippen LogP contribution in [0.2, 0.25) is 0 Å². The molecule has 0 amide bonds. The van der Waals surface area contributed by atoms with Crippen molar-refractivity contribution >= 4 is 21.4 Å². The smallest absolute Gasteiger partial charge is 0.241 e. The second-order valence-corrected chi connectivity index (χ2v) is 8.71. The lowest BCUT2D eigenvalue weighted by Gasteiger charge is -2.11. The first-order valence-electron chi connectivity index (χ1n) is 7.96. The Morgan fingerprint density at radius 2 is 1.79 bits per heavy atom. The van der Waals surface area contributed by atoms with Gasteiger partial charge in [-0.1, -0.05) is 30.3 Å². The highest BCUT2D eigenvalue weighted by Crippen LogP contribution is 2.33.